The predicted octanol–water partition coefficient (Wildman–Crippen LogP) is 2.27. The van der Waals surface area contributed by atoms with Crippen LogP contribution in [0.5, 0.6) is 0 Å². The summed E-state index contributed by atoms with van der Waals surface area (Å²) in [6.07, 6.45) is 9.16. The van der Waals surface area contributed by atoms with Gasteiger partial charge in [-0.1, -0.05) is 0 Å². The average molecular weight is 360 g/mol. The number of anilines is 3. The number of hydrogen-bond acceptors (Lipinski definition) is 6. The van der Waals surface area contributed by atoms with Crippen molar-refractivity contribution in [2.45, 2.75) is 0 Å². The molecule has 5 rings (SSSR count). The largest absolute Gasteiger partial charge is 0.369 e. The normalized spacial score (nSPS) is 14.6. The van der Waals surface area contributed by atoms with E-state index in [1.807, 2.05) is 23.0 Å². The summed E-state index contributed by atoms with van der Waals surface area (Å²) in [7, 11) is 0. The fourth-order valence-electron chi connectivity index (χ4n) is 3.43. The molecular weight excluding hydrogens is 340 g/mol. The van der Waals surface area contributed by atoms with E-state index in [1.165, 1.54) is 5.69 Å². The third-order valence-electron chi connectivity index (χ3n) is 4.83. The zero-order valence-corrected chi connectivity index (χ0v) is 14.8. The van der Waals surface area contributed by atoms with Crippen LogP contribution < -0.4 is 15.5 Å². The molecule has 27 heavy (non-hydrogen) atoms. The van der Waals surface area contributed by atoms with Crippen molar-refractivity contribution in [3.8, 4) is 11.3 Å². The van der Waals surface area contributed by atoms with Gasteiger partial charge in [0.05, 0.1) is 18.1 Å². The zero-order chi connectivity index (χ0) is 18.1. The van der Waals surface area contributed by atoms with Crippen LogP contribution in [0.2, 0.25) is 0 Å². The Kier molecular flexibility index (Phi) is 3.95. The Balaban J connectivity index is 1.42. The van der Waals surface area contributed by atoms with E-state index in [-0.39, 0.29) is 0 Å². The van der Waals surface area contributed by atoms with Gasteiger partial charge in [-0.15, -0.1) is 0 Å². The van der Waals surface area contributed by atoms with Gasteiger partial charge in [0.1, 0.15) is 0 Å². The van der Waals surface area contributed by atoms with Crippen LogP contribution in [-0.4, -0.2) is 50.7 Å². The molecule has 8 nitrogen and oxygen atoms in total. The lowest BCUT2D eigenvalue weighted by Crippen LogP contribution is -2.43. The third-order valence-corrected chi connectivity index (χ3v) is 4.83. The number of aromatic nitrogens is 5. The van der Waals surface area contributed by atoms with E-state index in [0.717, 1.165) is 54.6 Å². The van der Waals surface area contributed by atoms with Gasteiger partial charge in [0.2, 0.25) is 0 Å². The SMILES string of the molecule is c1cn2c(-c3cn[nH]c3)cnc(Nc3ccc(N4CCNCC4)cc3)c2n1. The molecule has 0 aliphatic carbocycles. The lowest BCUT2D eigenvalue weighted by molar-refractivity contribution is 0.589. The lowest BCUT2D eigenvalue weighted by atomic mass is 10.2. The van der Waals surface area contributed by atoms with Crippen molar-refractivity contribution in [2.75, 3.05) is 36.4 Å². The Morgan fingerprint density at radius 1 is 1.00 bits per heavy atom. The Morgan fingerprint density at radius 3 is 2.63 bits per heavy atom. The first-order chi connectivity index (χ1) is 13.4. The molecule has 0 amide bonds. The molecule has 1 aliphatic heterocycles. The Labute approximate surface area is 156 Å². The Hall–Kier alpha value is -3.39. The minimum Gasteiger partial charge on any atom is -0.369 e. The standard InChI is InChI=1S/C19H20N8/c1-3-16(26-8-5-20-6-9-26)4-2-15(1)25-18-19-21-7-10-27(19)17(13-22-18)14-11-23-24-12-14/h1-4,7,10-13,20H,5-6,8-9H2,(H,22,25)(H,23,24). The molecule has 1 saturated heterocycles. The summed E-state index contributed by atoms with van der Waals surface area (Å²) in [5.41, 5.74) is 4.92. The zero-order valence-electron chi connectivity index (χ0n) is 14.8. The van der Waals surface area contributed by atoms with Crippen LogP contribution in [0.1, 0.15) is 0 Å². The summed E-state index contributed by atoms with van der Waals surface area (Å²) in [5, 5.41) is 13.6. The Bertz CT molecular complexity index is 1030. The molecular formula is C19H20N8. The van der Waals surface area contributed by atoms with Gasteiger partial charge < -0.3 is 15.5 Å². The van der Waals surface area contributed by atoms with Gasteiger partial charge in [-0.25, -0.2) is 9.97 Å². The predicted molar refractivity (Wildman–Crippen MR) is 105 cm³/mol. The van der Waals surface area contributed by atoms with Crippen LogP contribution in [0.15, 0.2) is 55.2 Å². The molecule has 1 aliphatic rings. The number of nitrogens with zero attached hydrogens (tertiary/aromatic N) is 5. The molecule has 1 aromatic carbocycles. The fourth-order valence-corrected chi connectivity index (χ4v) is 3.43. The van der Waals surface area contributed by atoms with E-state index < -0.39 is 0 Å². The summed E-state index contributed by atoms with van der Waals surface area (Å²) in [6, 6.07) is 8.47. The van der Waals surface area contributed by atoms with Crippen LogP contribution in [0, 0.1) is 0 Å². The van der Waals surface area contributed by atoms with Gasteiger partial charge in [-0.05, 0) is 24.3 Å². The number of piperazine rings is 1. The highest BCUT2D eigenvalue weighted by Gasteiger charge is 2.12. The molecule has 8 heteroatoms. The first-order valence-electron chi connectivity index (χ1n) is 9.02. The van der Waals surface area contributed by atoms with E-state index in [1.54, 1.807) is 12.4 Å². The maximum atomic E-state index is 4.59. The molecule has 0 atom stereocenters. The number of hydrogen-bond donors (Lipinski definition) is 3. The number of fused-ring (bicyclic) bond motifs is 1. The van der Waals surface area contributed by atoms with E-state index in [0.29, 0.717) is 0 Å². The minimum absolute atomic E-state index is 0.724. The van der Waals surface area contributed by atoms with E-state index in [4.69, 9.17) is 0 Å². The summed E-state index contributed by atoms with van der Waals surface area (Å²) >= 11 is 0. The highest BCUT2D eigenvalue weighted by atomic mass is 15.2. The first kappa shape index (κ1) is 15.8. The number of nitrogens with one attached hydrogen (secondary N) is 3. The number of H-pyrrole nitrogens is 1. The van der Waals surface area contributed by atoms with Crippen molar-refractivity contribution in [1.82, 2.24) is 29.9 Å². The summed E-state index contributed by atoms with van der Waals surface area (Å²) in [5.74, 6) is 0.724. The topological polar surface area (TPSA) is 86.2 Å². The monoisotopic (exact) mass is 360 g/mol. The van der Waals surface area contributed by atoms with Crippen LogP contribution in [-0.2, 0) is 0 Å². The van der Waals surface area contributed by atoms with E-state index in [2.05, 4.69) is 60.0 Å². The molecule has 0 bridgehead atoms. The second kappa shape index (κ2) is 6.73. The van der Waals surface area contributed by atoms with Crippen molar-refractivity contribution >= 4 is 22.8 Å². The average Bonchev–Trinajstić information content (AvgIpc) is 3.42. The molecule has 136 valence electrons. The maximum Gasteiger partial charge on any atom is 0.180 e. The first-order valence-corrected chi connectivity index (χ1v) is 9.02. The highest BCUT2D eigenvalue weighted by Crippen LogP contribution is 2.25. The summed E-state index contributed by atoms with van der Waals surface area (Å²) in [4.78, 5) is 11.5. The van der Waals surface area contributed by atoms with Crippen molar-refractivity contribution in [2.24, 2.45) is 0 Å². The van der Waals surface area contributed by atoms with Crippen LogP contribution in [0.25, 0.3) is 16.9 Å². The van der Waals surface area contributed by atoms with Crippen LogP contribution in [0.3, 0.4) is 0 Å². The summed E-state index contributed by atoms with van der Waals surface area (Å²) < 4.78 is 2.01. The molecule has 3 aromatic heterocycles. The molecule has 0 saturated carbocycles. The van der Waals surface area contributed by atoms with Crippen molar-refractivity contribution in [1.29, 1.82) is 0 Å². The molecule has 3 N–H and O–H groups in total. The maximum absolute atomic E-state index is 4.59. The van der Waals surface area contributed by atoms with Gasteiger partial charge in [-0.3, -0.25) is 9.50 Å². The number of benzene rings is 1. The van der Waals surface area contributed by atoms with Gasteiger partial charge >= 0.3 is 0 Å². The highest BCUT2D eigenvalue weighted by molar-refractivity contribution is 5.74. The molecule has 1 fully saturated rings. The van der Waals surface area contributed by atoms with E-state index in [9.17, 15) is 0 Å². The van der Waals surface area contributed by atoms with Gasteiger partial charge in [-0.2, -0.15) is 5.10 Å². The molecule has 0 spiro atoms. The number of imidazole rings is 1. The van der Waals surface area contributed by atoms with Gasteiger partial charge in [0.25, 0.3) is 0 Å². The van der Waals surface area contributed by atoms with Crippen LogP contribution in [0.4, 0.5) is 17.2 Å². The van der Waals surface area contributed by atoms with Crippen molar-refractivity contribution < 1.29 is 0 Å². The lowest BCUT2D eigenvalue weighted by Gasteiger charge is -2.29. The minimum atomic E-state index is 0.724. The number of aromatic amines is 1. The second-order valence-electron chi connectivity index (χ2n) is 6.51. The smallest absolute Gasteiger partial charge is 0.180 e. The quantitative estimate of drug-likeness (QED) is 0.518. The molecule has 4 aromatic rings. The Morgan fingerprint density at radius 2 is 1.85 bits per heavy atom. The van der Waals surface area contributed by atoms with Crippen molar-refractivity contribution in [3.63, 3.8) is 0 Å². The van der Waals surface area contributed by atoms with E-state index >= 15 is 0 Å². The number of rotatable bonds is 4. The van der Waals surface area contributed by atoms with Crippen LogP contribution >= 0.6 is 0 Å². The summed E-state index contributed by atoms with van der Waals surface area (Å²) in [6.45, 7) is 4.15. The van der Waals surface area contributed by atoms with Gasteiger partial charge in [0, 0.05) is 61.7 Å². The molecule has 4 heterocycles. The molecule has 0 radical (unpaired) electrons. The third kappa shape index (κ3) is 3.00. The van der Waals surface area contributed by atoms with Crippen molar-refractivity contribution in [3.05, 3.63) is 55.2 Å². The fraction of sp³-hybridized carbons (Fsp3) is 0.211. The van der Waals surface area contributed by atoms with Gasteiger partial charge in [0.15, 0.2) is 11.5 Å². The molecule has 0 unspecified atom stereocenters. The second-order valence-corrected chi connectivity index (χ2v) is 6.51.